The summed E-state index contributed by atoms with van der Waals surface area (Å²) >= 11 is 0. The Balaban J connectivity index is 0.00000107. The maximum atomic E-state index is 13.2. The number of rotatable bonds is 46. The normalized spacial score (nSPS) is 24.0. The number of allylic oxidation sites excluding steroid dienone is 17. The van der Waals surface area contributed by atoms with Crippen LogP contribution in [0.15, 0.2) is 146 Å². The highest BCUT2D eigenvalue weighted by Crippen LogP contribution is 2.28. The Bertz CT molecular complexity index is 2510. The fraction of sp³-hybridized carbons (Fsp3) is 0.620. The van der Waals surface area contributed by atoms with Crippen molar-refractivity contribution in [1.29, 1.82) is 0 Å². The number of carbonyl (C=O) groups excluding carboxylic acids is 3. The third-order valence-electron chi connectivity index (χ3n) is 16.0. The van der Waals surface area contributed by atoms with E-state index in [1.807, 2.05) is 57.2 Å². The minimum Gasteiger partial charge on any atom is -0.510 e. The lowest BCUT2D eigenvalue weighted by molar-refractivity contribution is -0.306. The van der Waals surface area contributed by atoms with Crippen LogP contribution < -0.4 is 11.1 Å². The van der Waals surface area contributed by atoms with Crippen LogP contribution in [0.2, 0.25) is 0 Å². The van der Waals surface area contributed by atoms with E-state index in [0.29, 0.717) is 19.4 Å². The smallest absolute Gasteiger partial charge is 0.248 e. The number of hydrogen-bond acceptors (Lipinski definition) is 23. The molecule has 95 heavy (non-hydrogen) atoms. The molecule has 0 aromatic carbocycles. The fourth-order valence-corrected chi connectivity index (χ4v) is 10.2. The molecule has 540 valence electrons. The highest BCUT2D eigenvalue weighted by Gasteiger charge is 2.44. The molecular formula is C71H114N2O22. The van der Waals surface area contributed by atoms with Crippen LogP contribution in [0.3, 0.4) is 0 Å². The Morgan fingerprint density at radius 2 is 1.19 bits per heavy atom. The second-order valence-corrected chi connectivity index (χ2v) is 24.5. The highest BCUT2D eigenvalue weighted by molar-refractivity contribution is 6.03. The SMILES string of the molecule is C/C=C/C=C/CC(OC1OC(C)C(O)C(O)C1O)C(C)C(=O)CC(O)CC(O)CC(O)/C=C/CC(O)CC(O)CC(O)CC(O)C(O)C(O)CC(O)CC(O)CCCN.C=C/C=C/C=C/C(O)C(C)C(O)C(C)/C=C/CC/C=C/C=C/C=C/C=C/C(=O)NC1=C(O)CCC1=O. The van der Waals surface area contributed by atoms with Gasteiger partial charge in [0, 0.05) is 62.4 Å². The Morgan fingerprint density at radius 1 is 0.621 bits per heavy atom. The van der Waals surface area contributed by atoms with Gasteiger partial charge in [-0.05, 0) is 84.6 Å². The highest BCUT2D eigenvalue weighted by atomic mass is 16.7. The summed E-state index contributed by atoms with van der Waals surface area (Å²) in [4.78, 5) is 36.5. The number of ether oxygens (including phenoxy) is 2. The van der Waals surface area contributed by atoms with Crippen molar-refractivity contribution in [2.24, 2.45) is 23.5 Å². The van der Waals surface area contributed by atoms with Crippen LogP contribution in [-0.4, -0.2) is 227 Å². The average molecular weight is 1350 g/mol. The van der Waals surface area contributed by atoms with Gasteiger partial charge in [0.05, 0.1) is 85.5 Å². The number of nitrogens with two attached hydrogens (primary N) is 1. The molecule has 1 heterocycles. The van der Waals surface area contributed by atoms with Crippen LogP contribution in [0, 0.1) is 17.8 Å². The number of aliphatic hydroxyl groups is 17. The first kappa shape index (κ1) is 87.7. The number of unbranched alkanes of at least 4 members (excludes halogenated alkanes) is 1. The fourth-order valence-electron chi connectivity index (χ4n) is 10.2. The summed E-state index contributed by atoms with van der Waals surface area (Å²) in [6, 6.07) is 0. The van der Waals surface area contributed by atoms with Gasteiger partial charge in [0.25, 0.3) is 0 Å². The predicted molar refractivity (Wildman–Crippen MR) is 361 cm³/mol. The van der Waals surface area contributed by atoms with Crippen molar-refractivity contribution in [2.75, 3.05) is 6.54 Å². The van der Waals surface area contributed by atoms with E-state index in [2.05, 4.69) is 11.9 Å². The van der Waals surface area contributed by atoms with Crippen LogP contribution in [0.25, 0.3) is 0 Å². The van der Waals surface area contributed by atoms with Crippen molar-refractivity contribution in [1.82, 2.24) is 5.32 Å². The van der Waals surface area contributed by atoms with Crippen LogP contribution in [0.1, 0.15) is 137 Å². The van der Waals surface area contributed by atoms with Crippen molar-refractivity contribution in [3.63, 3.8) is 0 Å². The zero-order chi connectivity index (χ0) is 71.6. The minimum atomic E-state index is -1.72. The summed E-state index contributed by atoms with van der Waals surface area (Å²) < 4.78 is 11.5. The molecule has 1 aliphatic heterocycles. The second kappa shape index (κ2) is 50.1. The van der Waals surface area contributed by atoms with E-state index in [4.69, 9.17) is 15.2 Å². The molecule has 0 spiro atoms. The number of carbonyl (C=O) groups is 3. The summed E-state index contributed by atoms with van der Waals surface area (Å²) in [6.45, 7) is 12.6. The first-order valence-corrected chi connectivity index (χ1v) is 32.9. The summed E-state index contributed by atoms with van der Waals surface area (Å²) in [5, 5.41) is 176. The number of Topliss-reactive ketones (excluding diaryl/α,β-unsaturated/α-hetero) is 2. The van der Waals surface area contributed by atoms with Gasteiger partial charge in [-0.3, -0.25) is 14.4 Å². The lowest BCUT2D eigenvalue weighted by Crippen LogP contribution is -2.58. The van der Waals surface area contributed by atoms with E-state index in [9.17, 15) is 101 Å². The predicted octanol–water partition coefficient (Wildman–Crippen LogP) is 2.79. The van der Waals surface area contributed by atoms with E-state index in [1.165, 1.54) is 25.2 Å². The summed E-state index contributed by atoms with van der Waals surface area (Å²) in [5.41, 5.74) is 5.39. The van der Waals surface area contributed by atoms with Gasteiger partial charge in [-0.15, -0.1) is 0 Å². The van der Waals surface area contributed by atoms with Crippen LogP contribution >= 0.6 is 0 Å². The molecule has 2 aliphatic rings. The largest absolute Gasteiger partial charge is 0.510 e. The molecule has 0 aromatic rings. The van der Waals surface area contributed by atoms with Crippen molar-refractivity contribution >= 4 is 17.5 Å². The third kappa shape index (κ3) is 37.9. The van der Waals surface area contributed by atoms with Gasteiger partial charge in [-0.1, -0.05) is 149 Å². The van der Waals surface area contributed by atoms with Gasteiger partial charge in [-0.25, -0.2) is 0 Å². The summed E-state index contributed by atoms with van der Waals surface area (Å²) in [7, 11) is 0. The third-order valence-corrected chi connectivity index (χ3v) is 16.0. The van der Waals surface area contributed by atoms with Crippen molar-refractivity contribution in [2.45, 2.75) is 254 Å². The summed E-state index contributed by atoms with van der Waals surface area (Å²) in [5.74, 6) is -2.39. The molecule has 22 unspecified atom stereocenters. The molecule has 0 radical (unpaired) electrons. The molecule has 24 heteroatoms. The lowest BCUT2D eigenvalue weighted by Gasteiger charge is -2.41. The molecule has 1 aliphatic carbocycles. The molecule has 0 aromatic heterocycles. The lowest BCUT2D eigenvalue weighted by atomic mass is 9.88. The zero-order valence-corrected chi connectivity index (χ0v) is 55.8. The Labute approximate surface area is 560 Å². The van der Waals surface area contributed by atoms with Crippen molar-refractivity contribution in [3.8, 4) is 0 Å². The van der Waals surface area contributed by atoms with Crippen LogP contribution in [-0.2, 0) is 23.9 Å². The Morgan fingerprint density at radius 3 is 1.81 bits per heavy atom. The maximum absolute atomic E-state index is 13.2. The zero-order valence-electron chi connectivity index (χ0n) is 55.8. The number of aliphatic hydroxyl groups excluding tert-OH is 17. The van der Waals surface area contributed by atoms with Gasteiger partial charge in [0.15, 0.2) is 12.1 Å². The van der Waals surface area contributed by atoms with Gasteiger partial charge >= 0.3 is 0 Å². The Hall–Kier alpha value is -5.27. The van der Waals surface area contributed by atoms with Gasteiger partial charge in [0.2, 0.25) is 5.91 Å². The number of ketones is 2. The topological polar surface area (TPSA) is 452 Å². The first-order valence-electron chi connectivity index (χ1n) is 32.9. The van der Waals surface area contributed by atoms with Gasteiger partial charge in [-0.2, -0.15) is 0 Å². The molecule has 20 N–H and O–H groups in total. The standard InChI is InChI=1S/C41H75NO17.C30H39NO5/c1-4-5-6-7-13-36(59-41-40(57)39(56)37(54)24(3)58-41)23(2)33(51)20-31(49)18-28(46)15-25(43)10-8-11-26(44)16-29(47)19-32(50)22-35(53)38(55)34(52)21-30(48)17-27(45)12-9-14-42;1-4-5-6-16-19-25(32)24(3)30(36)23(2)18-15-13-11-9-7-8-10-12-14-17-20-28(35)31-29-26(33)21-22-27(29)34/h4-8,10,23-32,34-41,43-50,52-57H,9,11-22,42H2,1-3H3;4-10,12,14-20,23-25,30,32-33,36H,1,11,13,21-22H2,2-3H3,(H,31,35)/b5-4+,7-6+,10-8+;6-5+,9-7+,10-8+,14-12+,18-15+,19-16+,20-17+. The molecule has 0 saturated carbocycles. The van der Waals surface area contributed by atoms with E-state index < -0.39 is 140 Å². The van der Waals surface area contributed by atoms with Crippen molar-refractivity contribution in [3.05, 3.63) is 146 Å². The molecule has 24 nitrogen and oxygen atoms in total. The number of nitrogens with one attached hydrogen (secondary N) is 1. The molecule has 1 fully saturated rings. The average Bonchev–Trinajstić information content (AvgIpc) is 1.29. The van der Waals surface area contributed by atoms with Gasteiger partial charge < -0.3 is 107 Å². The molecule has 22 atom stereocenters. The van der Waals surface area contributed by atoms with E-state index in [0.717, 1.165) is 12.8 Å². The van der Waals surface area contributed by atoms with Crippen LogP contribution in [0.5, 0.6) is 0 Å². The maximum Gasteiger partial charge on any atom is 0.248 e. The van der Waals surface area contributed by atoms with Crippen molar-refractivity contribution < 1.29 is 111 Å². The van der Waals surface area contributed by atoms with Crippen LogP contribution in [0.4, 0.5) is 0 Å². The monoisotopic (exact) mass is 1350 g/mol. The molecule has 0 bridgehead atoms. The van der Waals surface area contributed by atoms with E-state index in [-0.39, 0.29) is 99.7 Å². The summed E-state index contributed by atoms with van der Waals surface area (Å²) in [6.07, 6.45) is 14.6. The Kier molecular flexibility index (Phi) is 46.3. The molecule has 1 saturated heterocycles. The van der Waals surface area contributed by atoms with E-state index >= 15 is 0 Å². The molecule has 1 amide bonds. The number of amides is 1. The number of hydrogen-bond donors (Lipinski definition) is 19. The minimum absolute atomic E-state index is 0.00621. The van der Waals surface area contributed by atoms with Gasteiger partial charge in [0.1, 0.15) is 41.7 Å². The second-order valence-electron chi connectivity index (χ2n) is 24.5. The molecule has 2 rings (SSSR count). The quantitative estimate of drug-likeness (QED) is 0.0180. The van der Waals surface area contributed by atoms with E-state index in [1.54, 1.807) is 79.8 Å². The first-order chi connectivity index (χ1) is 45.0. The molecular weight excluding hydrogens is 1230 g/mol.